The number of hydrogen-bond acceptors (Lipinski definition) is 2. The highest BCUT2D eigenvalue weighted by Crippen LogP contribution is 2.21. The number of carbonyl (C=O) groups is 1. The van der Waals surface area contributed by atoms with Crippen LogP contribution in [0.15, 0.2) is 24.3 Å². The zero-order chi connectivity index (χ0) is 12.8. The van der Waals surface area contributed by atoms with E-state index in [0.717, 1.165) is 11.3 Å². The lowest BCUT2D eigenvalue weighted by Gasteiger charge is -2.17. The van der Waals surface area contributed by atoms with Crippen LogP contribution in [0.25, 0.3) is 0 Å². The van der Waals surface area contributed by atoms with Crippen molar-refractivity contribution in [2.24, 2.45) is 0 Å². The molecular formula is C15H21NO2. The van der Waals surface area contributed by atoms with Crippen molar-refractivity contribution in [3.8, 4) is 0 Å². The van der Waals surface area contributed by atoms with Gasteiger partial charge in [0, 0.05) is 11.7 Å². The molecule has 0 unspecified atom stereocenters. The van der Waals surface area contributed by atoms with E-state index in [1.807, 2.05) is 24.3 Å². The van der Waals surface area contributed by atoms with E-state index in [2.05, 4.69) is 5.32 Å². The number of aliphatic carboxylic acids is 1. The van der Waals surface area contributed by atoms with Crippen molar-refractivity contribution in [2.45, 2.75) is 51.0 Å². The smallest absolute Gasteiger partial charge is 0.307 e. The third-order valence-corrected chi connectivity index (χ3v) is 3.54. The largest absolute Gasteiger partial charge is 0.481 e. The van der Waals surface area contributed by atoms with Crippen molar-refractivity contribution in [1.82, 2.24) is 0 Å². The van der Waals surface area contributed by atoms with Gasteiger partial charge in [-0.25, -0.2) is 0 Å². The summed E-state index contributed by atoms with van der Waals surface area (Å²) < 4.78 is 0. The van der Waals surface area contributed by atoms with E-state index in [-0.39, 0.29) is 6.42 Å². The van der Waals surface area contributed by atoms with Crippen LogP contribution in [0.2, 0.25) is 0 Å². The van der Waals surface area contributed by atoms with Crippen molar-refractivity contribution in [1.29, 1.82) is 0 Å². The Bertz CT molecular complexity index is 378. The molecule has 0 spiro atoms. The minimum absolute atomic E-state index is 0.101. The first kappa shape index (κ1) is 12.9. The van der Waals surface area contributed by atoms with Crippen LogP contribution in [-0.2, 0) is 11.2 Å². The third-order valence-electron chi connectivity index (χ3n) is 3.54. The fourth-order valence-corrected chi connectivity index (χ4v) is 2.55. The van der Waals surface area contributed by atoms with E-state index in [1.54, 1.807) is 0 Å². The Balaban J connectivity index is 1.90. The number of hydrogen-bond donors (Lipinski definition) is 2. The highest BCUT2D eigenvalue weighted by atomic mass is 16.4. The first-order valence-electron chi connectivity index (χ1n) is 6.81. The minimum atomic E-state index is -0.778. The van der Waals surface area contributed by atoms with Crippen molar-refractivity contribution >= 4 is 11.7 Å². The molecule has 2 rings (SSSR count). The van der Waals surface area contributed by atoms with Gasteiger partial charge in [0.15, 0.2) is 0 Å². The first-order chi connectivity index (χ1) is 8.74. The Hall–Kier alpha value is -1.51. The van der Waals surface area contributed by atoms with Gasteiger partial charge in [0.2, 0.25) is 0 Å². The molecule has 1 aliphatic rings. The third kappa shape index (κ3) is 4.06. The Morgan fingerprint density at radius 3 is 2.28 bits per heavy atom. The van der Waals surface area contributed by atoms with E-state index in [0.29, 0.717) is 6.04 Å². The lowest BCUT2D eigenvalue weighted by atomic mass is 10.1. The Kier molecular flexibility index (Phi) is 4.62. The molecule has 1 aromatic rings. The second-order valence-electron chi connectivity index (χ2n) is 5.10. The monoisotopic (exact) mass is 247 g/mol. The van der Waals surface area contributed by atoms with Crippen LogP contribution in [0, 0.1) is 0 Å². The Morgan fingerprint density at radius 2 is 1.72 bits per heavy atom. The summed E-state index contributed by atoms with van der Waals surface area (Å²) in [5.41, 5.74) is 1.96. The lowest BCUT2D eigenvalue weighted by Crippen LogP contribution is -2.18. The fourth-order valence-electron chi connectivity index (χ4n) is 2.55. The van der Waals surface area contributed by atoms with Gasteiger partial charge in [0.1, 0.15) is 0 Å². The first-order valence-corrected chi connectivity index (χ1v) is 6.81. The maximum atomic E-state index is 10.6. The molecule has 3 heteroatoms. The fraction of sp³-hybridized carbons (Fsp3) is 0.533. The normalized spacial score (nSPS) is 17.1. The zero-order valence-corrected chi connectivity index (χ0v) is 10.7. The molecule has 0 atom stereocenters. The van der Waals surface area contributed by atoms with Crippen molar-refractivity contribution in [3.05, 3.63) is 29.8 Å². The molecule has 3 nitrogen and oxygen atoms in total. The van der Waals surface area contributed by atoms with Gasteiger partial charge in [-0.2, -0.15) is 0 Å². The Morgan fingerprint density at radius 1 is 1.11 bits per heavy atom. The van der Waals surface area contributed by atoms with Crippen LogP contribution in [0.1, 0.15) is 44.1 Å². The molecule has 2 N–H and O–H groups in total. The predicted molar refractivity (Wildman–Crippen MR) is 72.9 cm³/mol. The molecule has 0 amide bonds. The maximum Gasteiger partial charge on any atom is 0.307 e. The van der Waals surface area contributed by atoms with Crippen LogP contribution in [-0.4, -0.2) is 17.1 Å². The van der Waals surface area contributed by atoms with E-state index in [9.17, 15) is 4.79 Å². The topological polar surface area (TPSA) is 49.3 Å². The van der Waals surface area contributed by atoms with Gasteiger partial charge in [-0.1, -0.05) is 37.8 Å². The van der Waals surface area contributed by atoms with Gasteiger partial charge in [-0.15, -0.1) is 0 Å². The molecule has 18 heavy (non-hydrogen) atoms. The summed E-state index contributed by atoms with van der Waals surface area (Å²) in [6, 6.07) is 8.35. The minimum Gasteiger partial charge on any atom is -0.481 e. The second kappa shape index (κ2) is 6.43. The molecule has 1 saturated carbocycles. The van der Waals surface area contributed by atoms with E-state index in [4.69, 9.17) is 5.11 Å². The molecule has 1 fully saturated rings. The van der Waals surface area contributed by atoms with E-state index < -0.39 is 5.97 Å². The summed E-state index contributed by atoms with van der Waals surface area (Å²) >= 11 is 0. The summed E-state index contributed by atoms with van der Waals surface area (Å²) in [5, 5.41) is 12.3. The summed E-state index contributed by atoms with van der Waals surface area (Å²) in [6.45, 7) is 0. The van der Waals surface area contributed by atoms with Crippen LogP contribution in [0.4, 0.5) is 5.69 Å². The molecular weight excluding hydrogens is 226 g/mol. The molecule has 0 heterocycles. The van der Waals surface area contributed by atoms with Gasteiger partial charge < -0.3 is 10.4 Å². The van der Waals surface area contributed by atoms with E-state index >= 15 is 0 Å². The highest BCUT2D eigenvalue weighted by molar-refractivity contribution is 5.70. The van der Waals surface area contributed by atoms with Gasteiger partial charge in [-0.05, 0) is 30.5 Å². The zero-order valence-electron chi connectivity index (χ0n) is 10.7. The maximum absolute atomic E-state index is 10.6. The highest BCUT2D eigenvalue weighted by Gasteiger charge is 2.11. The van der Waals surface area contributed by atoms with Crippen molar-refractivity contribution in [2.75, 3.05) is 5.32 Å². The van der Waals surface area contributed by atoms with Gasteiger partial charge in [0.25, 0.3) is 0 Å². The number of benzene rings is 1. The number of carboxylic acids is 1. The molecule has 0 aliphatic heterocycles. The molecule has 1 aromatic carbocycles. The van der Waals surface area contributed by atoms with E-state index in [1.165, 1.54) is 38.5 Å². The molecule has 0 radical (unpaired) electrons. The van der Waals surface area contributed by atoms with Crippen molar-refractivity contribution in [3.63, 3.8) is 0 Å². The molecule has 0 aromatic heterocycles. The molecule has 1 aliphatic carbocycles. The molecule has 0 bridgehead atoms. The van der Waals surface area contributed by atoms with Gasteiger partial charge >= 0.3 is 5.97 Å². The summed E-state index contributed by atoms with van der Waals surface area (Å²) in [7, 11) is 0. The molecule has 98 valence electrons. The van der Waals surface area contributed by atoms with Gasteiger partial charge in [-0.3, -0.25) is 4.79 Å². The standard InChI is InChI=1S/C15H21NO2/c17-15(18)11-12-7-9-14(10-8-12)16-13-5-3-1-2-4-6-13/h7-10,13,16H,1-6,11H2,(H,17,18). The van der Waals surface area contributed by atoms with Gasteiger partial charge in [0.05, 0.1) is 6.42 Å². The number of carboxylic acid groups (broad SMARTS) is 1. The lowest BCUT2D eigenvalue weighted by molar-refractivity contribution is -0.136. The van der Waals surface area contributed by atoms with Crippen molar-refractivity contribution < 1.29 is 9.90 Å². The van der Waals surface area contributed by atoms with Crippen LogP contribution < -0.4 is 5.32 Å². The second-order valence-corrected chi connectivity index (χ2v) is 5.10. The Labute approximate surface area is 108 Å². The number of nitrogens with one attached hydrogen (secondary N) is 1. The average molecular weight is 247 g/mol. The summed E-state index contributed by atoms with van der Waals surface area (Å²) in [4.78, 5) is 10.6. The van der Waals surface area contributed by atoms with Crippen LogP contribution in [0.3, 0.4) is 0 Å². The molecule has 0 saturated heterocycles. The average Bonchev–Trinajstić information content (AvgIpc) is 2.60. The SMILES string of the molecule is O=C(O)Cc1ccc(NC2CCCCCC2)cc1. The summed E-state index contributed by atoms with van der Waals surface area (Å²) in [5.74, 6) is -0.778. The number of rotatable bonds is 4. The quantitative estimate of drug-likeness (QED) is 0.801. The summed E-state index contributed by atoms with van der Waals surface area (Å²) in [6.07, 6.45) is 7.94. The predicted octanol–water partition coefficient (Wildman–Crippen LogP) is 3.45. The number of anilines is 1. The van der Waals surface area contributed by atoms with Crippen LogP contribution in [0.5, 0.6) is 0 Å². The van der Waals surface area contributed by atoms with Crippen LogP contribution >= 0.6 is 0 Å².